The largest absolute Gasteiger partial charge is 0.496 e. The lowest BCUT2D eigenvalue weighted by Gasteiger charge is -2.04. The number of rotatable bonds is 7. The molecule has 5 nitrogen and oxygen atoms in total. The van der Waals surface area contributed by atoms with Crippen molar-refractivity contribution in [3.8, 4) is 5.75 Å². The fourth-order valence-corrected chi connectivity index (χ4v) is 2.24. The molecule has 0 saturated heterocycles. The zero-order chi connectivity index (χ0) is 15.0. The number of methoxy groups -OCH3 is 1. The number of ether oxygens (including phenoxy) is 1. The fourth-order valence-electron chi connectivity index (χ4n) is 1.57. The topological polar surface area (TPSA) is 72.5 Å². The van der Waals surface area contributed by atoms with Crippen LogP contribution in [-0.2, 0) is 14.6 Å². The van der Waals surface area contributed by atoms with Crippen LogP contribution in [0.2, 0.25) is 0 Å². The first kappa shape index (κ1) is 16.2. The molecule has 0 heterocycles. The van der Waals surface area contributed by atoms with E-state index < -0.39 is 9.84 Å². The lowest BCUT2D eigenvalue weighted by atomic mass is 10.2. The predicted octanol–water partition coefficient (Wildman–Crippen LogP) is 1.26. The molecule has 0 bridgehead atoms. The van der Waals surface area contributed by atoms with Gasteiger partial charge in [0, 0.05) is 24.4 Å². The number of nitrogens with one attached hydrogen (secondary N) is 1. The van der Waals surface area contributed by atoms with Gasteiger partial charge in [0.2, 0.25) is 5.91 Å². The summed E-state index contributed by atoms with van der Waals surface area (Å²) in [5.41, 5.74) is 0.807. The molecule has 0 aliphatic rings. The third kappa shape index (κ3) is 6.38. The van der Waals surface area contributed by atoms with E-state index in [1.807, 2.05) is 24.3 Å². The van der Waals surface area contributed by atoms with Crippen LogP contribution in [0.1, 0.15) is 12.0 Å². The molecule has 0 aliphatic carbocycles. The van der Waals surface area contributed by atoms with Crippen LogP contribution in [0.15, 0.2) is 30.3 Å². The number of carbonyl (C=O) groups excluding carboxylic acids is 1. The Morgan fingerprint density at radius 2 is 2.05 bits per heavy atom. The van der Waals surface area contributed by atoms with E-state index in [2.05, 4.69) is 5.32 Å². The molecular weight excluding hydrogens is 278 g/mol. The minimum atomic E-state index is -2.97. The van der Waals surface area contributed by atoms with Gasteiger partial charge in [-0.05, 0) is 18.6 Å². The summed E-state index contributed by atoms with van der Waals surface area (Å²) in [7, 11) is -1.40. The maximum Gasteiger partial charge on any atom is 0.244 e. The normalized spacial score (nSPS) is 11.5. The molecule has 6 heteroatoms. The summed E-state index contributed by atoms with van der Waals surface area (Å²) in [5.74, 6) is 0.502. The van der Waals surface area contributed by atoms with E-state index in [4.69, 9.17) is 4.74 Å². The Balaban J connectivity index is 2.44. The van der Waals surface area contributed by atoms with Gasteiger partial charge in [-0.25, -0.2) is 8.42 Å². The third-order valence-electron chi connectivity index (χ3n) is 2.54. The molecule has 0 saturated carbocycles. The molecule has 20 heavy (non-hydrogen) atoms. The number of hydrogen-bond acceptors (Lipinski definition) is 4. The first-order valence-corrected chi connectivity index (χ1v) is 8.25. The summed E-state index contributed by atoms with van der Waals surface area (Å²) in [4.78, 5) is 11.6. The maximum absolute atomic E-state index is 11.6. The molecule has 1 aromatic carbocycles. The number of sulfone groups is 1. The highest BCUT2D eigenvalue weighted by Crippen LogP contribution is 2.18. The predicted molar refractivity (Wildman–Crippen MR) is 79.4 cm³/mol. The van der Waals surface area contributed by atoms with E-state index in [-0.39, 0.29) is 11.7 Å². The first-order valence-electron chi connectivity index (χ1n) is 6.19. The van der Waals surface area contributed by atoms with Gasteiger partial charge in [-0.2, -0.15) is 0 Å². The average Bonchev–Trinajstić information content (AvgIpc) is 2.40. The second kappa shape index (κ2) is 7.69. The summed E-state index contributed by atoms with van der Waals surface area (Å²) in [5, 5.41) is 2.63. The number of hydrogen-bond donors (Lipinski definition) is 1. The molecule has 0 aliphatic heterocycles. The van der Waals surface area contributed by atoms with E-state index in [1.54, 1.807) is 13.2 Å². The SMILES string of the molecule is COc1ccccc1/C=C\C(=O)NCCCS(C)(=O)=O. The van der Waals surface area contributed by atoms with E-state index >= 15 is 0 Å². The average molecular weight is 297 g/mol. The van der Waals surface area contributed by atoms with Crippen molar-refractivity contribution in [2.45, 2.75) is 6.42 Å². The Hall–Kier alpha value is -1.82. The second-order valence-corrected chi connectivity index (χ2v) is 6.61. The Morgan fingerprint density at radius 3 is 2.70 bits per heavy atom. The number of amides is 1. The first-order chi connectivity index (χ1) is 9.42. The van der Waals surface area contributed by atoms with Gasteiger partial charge >= 0.3 is 0 Å². The highest BCUT2D eigenvalue weighted by atomic mass is 32.2. The van der Waals surface area contributed by atoms with Gasteiger partial charge in [-0.1, -0.05) is 18.2 Å². The zero-order valence-corrected chi connectivity index (χ0v) is 12.4. The molecule has 110 valence electrons. The third-order valence-corrected chi connectivity index (χ3v) is 3.57. The molecule has 1 aromatic rings. The van der Waals surface area contributed by atoms with Crippen molar-refractivity contribution < 1.29 is 17.9 Å². The van der Waals surface area contributed by atoms with Crippen LogP contribution < -0.4 is 10.1 Å². The van der Waals surface area contributed by atoms with E-state index in [9.17, 15) is 13.2 Å². The van der Waals surface area contributed by atoms with Crippen LogP contribution in [-0.4, -0.2) is 40.0 Å². The molecule has 1 rings (SSSR count). The molecule has 0 radical (unpaired) electrons. The molecule has 0 atom stereocenters. The molecule has 0 fully saturated rings. The summed E-state index contributed by atoms with van der Waals surface area (Å²) in [6, 6.07) is 7.35. The highest BCUT2D eigenvalue weighted by molar-refractivity contribution is 7.90. The Labute approximate surface area is 119 Å². The Morgan fingerprint density at radius 1 is 1.35 bits per heavy atom. The van der Waals surface area contributed by atoms with Crippen molar-refractivity contribution in [3.05, 3.63) is 35.9 Å². The summed E-state index contributed by atoms with van der Waals surface area (Å²) >= 11 is 0. The summed E-state index contributed by atoms with van der Waals surface area (Å²) in [6.45, 7) is 0.335. The number of carbonyl (C=O) groups is 1. The summed E-state index contributed by atoms with van der Waals surface area (Å²) in [6.07, 6.45) is 4.65. The van der Waals surface area contributed by atoms with Crippen molar-refractivity contribution in [2.75, 3.05) is 25.7 Å². The smallest absolute Gasteiger partial charge is 0.244 e. The number of para-hydroxylation sites is 1. The molecule has 0 unspecified atom stereocenters. The highest BCUT2D eigenvalue weighted by Gasteiger charge is 2.02. The molecular formula is C14H19NO4S. The summed E-state index contributed by atoms with van der Waals surface area (Å²) < 4.78 is 27.0. The zero-order valence-electron chi connectivity index (χ0n) is 11.6. The van der Waals surface area contributed by atoms with Gasteiger partial charge < -0.3 is 10.1 Å². The second-order valence-electron chi connectivity index (χ2n) is 4.35. The van der Waals surface area contributed by atoms with Gasteiger partial charge in [-0.15, -0.1) is 0 Å². The Kier molecular flexibility index (Phi) is 6.24. The quantitative estimate of drug-likeness (QED) is 0.607. The molecule has 1 N–H and O–H groups in total. The van der Waals surface area contributed by atoms with Gasteiger partial charge in [0.05, 0.1) is 12.9 Å². The van der Waals surface area contributed by atoms with Crippen molar-refractivity contribution >= 4 is 21.8 Å². The van der Waals surface area contributed by atoms with Crippen LogP contribution >= 0.6 is 0 Å². The monoisotopic (exact) mass is 297 g/mol. The fraction of sp³-hybridized carbons (Fsp3) is 0.357. The van der Waals surface area contributed by atoms with Crippen molar-refractivity contribution in [3.63, 3.8) is 0 Å². The van der Waals surface area contributed by atoms with Gasteiger partial charge in [0.1, 0.15) is 15.6 Å². The van der Waals surface area contributed by atoms with E-state index in [1.165, 1.54) is 12.3 Å². The van der Waals surface area contributed by atoms with Crippen LogP contribution in [0.5, 0.6) is 5.75 Å². The Bertz CT molecular complexity index is 579. The van der Waals surface area contributed by atoms with Gasteiger partial charge in [0.25, 0.3) is 0 Å². The van der Waals surface area contributed by atoms with Gasteiger partial charge in [0.15, 0.2) is 0 Å². The molecule has 0 spiro atoms. The minimum absolute atomic E-state index is 0.0729. The van der Waals surface area contributed by atoms with Crippen LogP contribution in [0.3, 0.4) is 0 Å². The maximum atomic E-state index is 11.6. The van der Waals surface area contributed by atoms with Crippen LogP contribution in [0.25, 0.3) is 6.08 Å². The lowest BCUT2D eigenvalue weighted by molar-refractivity contribution is -0.116. The number of benzene rings is 1. The lowest BCUT2D eigenvalue weighted by Crippen LogP contribution is -2.23. The van der Waals surface area contributed by atoms with Crippen molar-refractivity contribution in [1.82, 2.24) is 5.32 Å². The molecule has 1 amide bonds. The standard InChI is InChI=1S/C14H19NO4S/c1-19-13-7-4-3-6-12(13)8-9-14(16)15-10-5-11-20(2,17)18/h3-4,6-9H,5,10-11H2,1-2H3,(H,15,16)/b9-8-. The molecule has 0 aromatic heterocycles. The van der Waals surface area contributed by atoms with Crippen LogP contribution in [0.4, 0.5) is 0 Å². The van der Waals surface area contributed by atoms with Crippen molar-refractivity contribution in [2.24, 2.45) is 0 Å². The van der Waals surface area contributed by atoms with Crippen molar-refractivity contribution in [1.29, 1.82) is 0 Å². The minimum Gasteiger partial charge on any atom is -0.496 e. The van der Waals surface area contributed by atoms with Gasteiger partial charge in [-0.3, -0.25) is 4.79 Å². The van der Waals surface area contributed by atoms with E-state index in [0.29, 0.717) is 18.7 Å². The van der Waals surface area contributed by atoms with E-state index in [0.717, 1.165) is 5.56 Å². The van der Waals surface area contributed by atoms with Crippen LogP contribution in [0, 0.1) is 0 Å².